The summed E-state index contributed by atoms with van der Waals surface area (Å²) in [7, 11) is 1.92. The molecule has 1 aromatic carbocycles. The van der Waals surface area contributed by atoms with E-state index in [4.69, 9.17) is 5.73 Å². The topological polar surface area (TPSA) is 60.9 Å². The van der Waals surface area contributed by atoms with Crippen LogP contribution in [0.25, 0.3) is 11.0 Å². The summed E-state index contributed by atoms with van der Waals surface area (Å²) >= 11 is 0. The third kappa shape index (κ3) is 1.84. The Labute approximate surface area is 94.1 Å². The van der Waals surface area contributed by atoms with Gasteiger partial charge in [0.05, 0.1) is 23.5 Å². The van der Waals surface area contributed by atoms with Crippen LogP contribution in [-0.2, 0) is 18.3 Å². The molecule has 0 aliphatic heterocycles. The van der Waals surface area contributed by atoms with Crippen molar-refractivity contribution in [3.8, 4) is 0 Å². The average Bonchev–Trinajstić information content (AvgIpc) is 2.56. The summed E-state index contributed by atoms with van der Waals surface area (Å²) in [6, 6.07) is 7.39. The summed E-state index contributed by atoms with van der Waals surface area (Å²) in [5.41, 5.74) is 7.49. The van der Waals surface area contributed by atoms with Gasteiger partial charge in [0.15, 0.2) is 5.78 Å². The van der Waals surface area contributed by atoms with Gasteiger partial charge in [-0.05, 0) is 19.1 Å². The summed E-state index contributed by atoms with van der Waals surface area (Å²) in [6.07, 6.45) is 0.294. The number of Topliss-reactive ketones (excluding diaryl/α,β-unsaturated/α-hetero) is 1. The number of carbonyl (C=O) groups is 1. The van der Waals surface area contributed by atoms with Gasteiger partial charge in [-0.3, -0.25) is 4.79 Å². The first-order chi connectivity index (χ1) is 7.59. The first-order valence-electron chi connectivity index (χ1n) is 5.28. The molecule has 0 fully saturated rings. The Hall–Kier alpha value is -1.68. The summed E-state index contributed by atoms with van der Waals surface area (Å²) in [5, 5.41) is 0. The van der Waals surface area contributed by atoms with Gasteiger partial charge in [0.2, 0.25) is 0 Å². The molecule has 0 radical (unpaired) electrons. The van der Waals surface area contributed by atoms with Crippen molar-refractivity contribution in [1.82, 2.24) is 9.55 Å². The highest BCUT2D eigenvalue weighted by Gasteiger charge is 2.13. The molecule has 0 aliphatic carbocycles. The Morgan fingerprint density at radius 3 is 2.81 bits per heavy atom. The molecule has 84 valence electrons. The van der Waals surface area contributed by atoms with Crippen LogP contribution in [-0.4, -0.2) is 21.4 Å². The number of para-hydroxylation sites is 2. The summed E-state index contributed by atoms with van der Waals surface area (Å²) in [4.78, 5) is 16.0. The number of fused-ring (bicyclic) bond motifs is 1. The molecule has 2 rings (SSSR count). The van der Waals surface area contributed by atoms with Crippen LogP contribution in [0.3, 0.4) is 0 Å². The maximum Gasteiger partial charge on any atom is 0.156 e. The van der Waals surface area contributed by atoms with Gasteiger partial charge in [-0.25, -0.2) is 4.98 Å². The second-order valence-corrected chi connectivity index (χ2v) is 4.01. The number of benzene rings is 1. The number of ketones is 1. The normalized spacial score (nSPS) is 12.9. The zero-order chi connectivity index (χ0) is 11.7. The molecule has 0 bridgehead atoms. The smallest absolute Gasteiger partial charge is 0.156 e. The van der Waals surface area contributed by atoms with E-state index in [9.17, 15) is 4.79 Å². The number of aryl methyl sites for hydroxylation is 1. The fourth-order valence-corrected chi connectivity index (χ4v) is 1.67. The van der Waals surface area contributed by atoms with Crippen LogP contribution in [0.4, 0.5) is 0 Å². The van der Waals surface area contributed by atoms with Crippen molar-refractivity contribution in [2.75, 3.05) is 0 Å². The monoisotopic (exact) mass is 217 g/mol. The van der Waals surface area contributed by atoms with Crippen LogP contribution >= 0.6 is 0 Å². The van der Waals surface area contributed by atoms with Gasteiger partial charge >= 0.3 is 0 Å². The predicted molar refractivity (Wildman–Crippen MR) is 63.1 cm³/mol. The molecule has 0 saturated heterocycles. The van der Waals surface area contributed by atoms with Crippen molar-refractivity contribution in [3.05, 3.63) is 30.1 Å². The molecule has 1 heterocycles. The summed E-state index contributed by atoms with van der Waals surface area (Å²) < 4.78 is 1.94. The lowest BCUT2D eigenvalue weighted by atomic mass is 10.1. The van der Waals surface area contributed by atoms with E-state index < -0.39 is 6.04 Å². The van der Waals surface area contributed by atoms with E-state index in [1.54, 1.807) is 6.92 Å². The Kier molecular flexibility index (Phi) is 2.75. The fourth-order valence-electron chi connectivity index (χ4n) is 1.67. The maximum atomic E-state index is 11.6. The van der Waals surface area contributed by atoms with Crippen molar-refractivity contribution < 1.29 is 4.79 Å². The molecule has 2 aromatic rings. The molecular formula is C12H15N3O. The number of imidazole rings is 1. The van der Waals surface area contributed by atoms with E-state index in [0.717, 1.165) is 16.9 Å². The Balaban J connectivity index is 2.38. The predicted octanol–water partition coefficient (Wildman–Crippen LogP) is 1.03. The molecule has 4 heteroatoms. The summed E-state index contributed by atoms with van der Waals surface area (Å²) in [5.74, 6) is 0.780. The van der Waals surface area contributed by atoms with Crippen LogP contribution < -0.4 is 5.73 Å². The second kappa shape index (κ2) is 4.06. The Bertz CT molecular complexity index is 528. The molecule has 1 atom stereocenters. The average molecular weight is 217 g/mol. The van der Waals surface area contributed by atoms with Gasteiger partial charge in [-0.15, -0.1) is 0 Å². The number of hydrogen-bond acceptors (Lipinski definition) is 3. The molecule has 4 nitrogen and oxygen atoms in total. The number of nitrogens with two attached hydrogens (primary N) is 1. The van der Waals surface area contributed by atoms with Crippen LogP contribution in [0.1, 0.15) is 12.7 Å². The Morgan fingerprint density at radius 2 is 2.19 bits per heavy atom. The number of nitrogens with zero attached hydrogens (tertiary/aromatic N) is 2. The standard InChI is InChI=1S/C12H15N3O/c1-8(13)11(16)7-12-14-9-5-3-4-6-10(9)15(12)2/h3-6,8H,7,13H2,1-2H3. The van der Waals surface area contributed by atoms with Gasteiger partial charge < -0.3 is 10.3 Å². The third-order valence-corrected chi connectivity index (χ3v) is 2.72. The zero-order valence-corrected chi connectivity index (χ0v) is 9.47. The van der Waals surface area contributed by atoms with Gasteiger partial charge in [-0.1, -0.05) is 12.1 Å². The van der Waals surface area contributed by atoms with E-state index in [1.807, 2.05) is 35.9 Å². The van der Waals surface area contributed by atoms with Crippen LogP contribution in [0.2, 0.25) is 0 Å². The van der Waals surface area contributed by atoms with Crippen LogP contribution in [0, 0.1) is 0 Å². The molecule has 16 heavy (non-hydrogen) atoms. The number of hydrogen-bond donors (Lipinski definition) is 1. The first kappa shape index (κ1) is 10.8. The van der Waals surface area contributed by atoms with Crippen LogP contribution in [0.5, 0.6) is 0 Å². The molecular weight excluding hydrogens is 202 g/mol. The number of rotatable bonds is 3. The molecule has 0 saturated carbocycles. The molecule has 0 aliphatic rings. The third-order valence-electron chi connectivity index (χ3n) is 2.72. The highest BCUT2D eigenvalue weighted by atomic mass is 16.1. The van der Waals surface area contributed by atoms with Gasteiger partial charge in [-0.2, -0.15) is 0 Å². The van der Waals surface area contributed by atoms with E-state index in [1.165, 1.54) is 0 Å². The number of carbonyl (C=O) groups excluding carboxylic acids is 1. The zero-order valence-electron chi connectivity index (χ0n) is 9.47. The maximum absolute atomic E-state index is 11.6. The SMILES string of the molecule is CC(N)C(=O)Cc1nc2ccccc2n1C. The minimum Gasteiger partial charge on any atom is -0.331 e. The first-order valence-corrected chi connectivity index (χ1v) is 5.28. The number of aromatic nitrogens is 2. The highest BCUT2D eigenvalue weighted by Crippen LogP contribution is 2.14. The lowest BCUT2D eigenvalue weighted by Crippen LogP contribution is -2.28. The van der Waals surface area contributed by atoms with Crippen LogP contribution in [0.15, 0.2) is 24.3 Å². The lowest BCUT2D eigenvalue weighted by molar-refractivity contribution is -0.119. The minimum atomic E-state index is -0.431. The van der Waals surface area contributed by atoms with Crippen molar-refractivity contribution in [1.29, 1.82) is 0 Å². The van der Waals surface area contributed by atoms with Crippen molar-refractivity contribution in [2.24, 2.45) is 12.8 Å². The molecule has 0 amide bonds. The lowest BCUT2D eigenvalue weighted by Gasteiger charge is -2.04. The second-order valence-electron chi connectivity index (χ2n) is 4.01. The van der Waals surface area contributed by atoms with E-state index in [0.29, 0.717) is 6.42 Å². The van der Waals surface area contributed by atoms with Crippen molar-refractivity contribution >= 4 is 16.8 Å². The molecule has 1 aromatic heterocycles. The van der Waals surface area contributed by atoms with Gasteiger partial charge in [0, 0.05) is 7.05 Å². The summed E-state index contributed by atoms with van der Waals surface area (Å²) in [6.45, 7) is 1.70. The quantitative estimate of drug-likeness (QED) is 0.835. The van der Waals surface area contributed by atoms with Gasteiger partial charge in [0.1, 0.15) is 5.82 Å². The largest absolute Gasteiger partial charge is 0.331 e. The van der Waals surface area contributed by atoms with E-state index in [2.05, 4.69) is 4.98 Å². The minimum absolute atomic E-state index is 0.0124. The van der Waals surface area contributed by atoms with Crippen molar-refractivity contribution in [2.45, 2.75) is 19.4 Å². The molecule has 1 unspecified atom stereocenters. The Morgan fingerprint density at radius 1 is 1.50 bits per heavy atom. The van der Waals surface area contributed by atoms with Crippen molar-refractivity contribution in [3.63, 3.8) is 0 Å². The van der Waals surface area contributed by atoms with Gasteiger partial charge in [0.25, 0.3) is 0 Å². The molecule has 2 N–H and O–H groups in total. The fraction of sp³-hybridized carbons (Fsp3) is 0.333. The van der Waals surface area contributed by atoms with E-state index >= 15 is 0 Å². The highest BCUT2D eigenvalue weighted by molar-refractivity contribution is 5.86. The molecule has 0 spiro atoms. The van der Waals surface area contributed by atoms with E-state index in [-0.39, 0.29) is 5.78 Å².